The molecule has 28 heavy (non-hydrogen) atoms. The molecule has 1 saturated heterocycles. The molecule has 154 valence electrons. The van der Waals surface area contributed by atoms with Crippen LogP contribution in [0.1, 0.15) is 62.1 Å². The fourth-order valence-electron chi connectivity index (χ4n) is 5.32. The van der Waals surface area contributed by atoms with E-state index in [9.17, 15) is 9.90 Å². The number of carbonyl (C=O) groups excluding carboxylic acids is 1. The molecule has 1 saturated carbocycles. The quantitative estimate of drug-likeness (QED) is 0.848. The lowest BCUT2D eigenvalue weighted by molar-refractivity contribution is -0.130. The largest absolute Gasteiger partial charge is 0.393 e. The monoisotopic (exact) mass is 384 g/mol. The standard InChI is InChI=1S/C24H36N2O2/c1-18(27)26-11-3-4-20(17-26)16-24(28)15-19-7-8-21-9-12-25(23-5-2-6-23)13-10-22(21)14-19/h7-8,14,20,23-24,28H,2-6,9-13,15-17H2,1H3/t20-,24?/m0/s1. The van der Waals surface area contributed by atoms with E-state index in [2.05, 4.69) is 23.1 Å². The summed E-state index contributed by atoms with van der Waals surface area (Å²) in [5, 5.41) is 10.7. The van der Waals surface area contributed by atoms with E-state index in [0.717, 1.165) is 57.7 Å². The van der Waals surface area contributed by atoms with Crippen LogP contribution in [0, 0.1) is 5.92 Å². The third-order valence-electron chi connectivity index (χ3n) is 7.24. The van der Waals surface area contributed by atoms with Crippen LogP contribution in [0.5, 0.6) is 0 Å². The smallest absolute Gasteiger partial charge is 0.219 e. The predicted molar refractivity (Wildman–Crippen MR) is 112 cm³/mol. The molecule has 0 aromatic heterocycles. The topological polar surface area (TPSA) is 43.8 Å². The van der Waals surface area contributed by atoms with E-state index in [-0.39, 0.29) is 12.0 Å². The summed E-state index contributed by atoms with van der Waals surface area (Å²) in [6, 6.07) is 7.72. The van der Waals surface area contributed by atoms with Crippen LogP contribution in [-0.2, 0) is 24.1 Å². The van der Waals surface area contributed by atoms with Crippen molar-refractivity contribution in [3.8, 4) is 0 Å². The van der Waals surface area contributed by atoms with Crippen LogP contribution in [0.3, 0.4) is 0 Å². The second kappa shape index (κ2) is 8.96. The molecule has 1 N–H and O–H groups in total. The average Bonchev–Trinajstić information content (AvgIpc) is 2.83. The number of aliphatic hydroxyl groups is 1. The van der Waals surface area contributed by atoms with Gasteiger partial charge in [0.05, 0.1) is 6.10 Å². The summed E-state index contributed by atoms with van der Waals surface area (Å²) < 4.78 is 0. The Morgan fingerprint density at radius 3 is 2.61 bits per heavy atom. The van der Waals surface area contributed by atoms with Crippen LogP contribution in [0.15, 0.2) is 18.2 Å². The summed E-state index contributed by atoms with van der Waals surface area (Å²) in [5.41, 5.74) is 4.26. The number of hydrogen-bond acceptors (Lipinski definition) is 3. The van der Waals surface area contributed by atoms with Gasteiger partial charge in [0.25, 0.3) is 0 Å². The molecule has 2 heterocycles. The van der Waals surface area contributed by atoms with Gasteiger partial charge in [0.15, 0.2) is 0 Å². The molecule has 1 aliphatic carbocycles. The Morgan fingerprint density at radius 1 is 1.11 bits per heavy atom. The minimum Gasteiger partial charge on any atom is -0.393 e. The van der Waals surface area contributed by atoms with E-state index in [1.165, 1.54) is 49.0 Å². The van der Waals surface area contributed by atoms with Crippen molar-refractivity contribution in [3.05, 3.63) is 34.9 Å². The molecular weight excluding hydrogens is 348 g/mol. The van der Waals surface area contributed by atoms with Crippen LogP contribution in [-0.4, -0.2) is 59.1 Å². The van der Waals surface area contributed by atoms with Crippen LogP contribution >= 0.6 is 0 Å². The van der Waals surface area contributed by atoms with Crippen molar-refractivity contribution >= 4 is 5.91 Å². The van der Waals surface area contributed by atoms with Crippen molar-refractivity contribution in [1.29, 1.82) is 0 Å². The minimum atomic E-state index is -0.313. The lowest BCUT2D eigenvalue weighted by Crippen LogP contribution is -2.41. The van der Waals surface area contributed by atoms with Crippen LogP contribution in [0.2, 0.25) is 0 Å². The Morgan fingerprint density at radius 2 is 1.89 bits per heavy atom. The fraction of sp³-hybridized carbons (Fsp3) is 0.708. The van der Waals surface area contributed by atoms with Gasteiger partial charge in [0.1, 0.15) is 0 Å². The number of amides is 1. The lowest BCUT2D eigenvalue weighted by Gasteiger charge is -2.36. The molecule has 1 unspecified atom stereocenters. The molecule has 1 aromatic carbocycles. The van der Waals surface area contributed by atoms with E-state index in [0.29, 0.717) is 5.92 Å². The van der Waals surface area contributed by atoms with E-state index in [4.69, 9.17) is 0 Å². The number of rotatable bonds is 5. The fourth-order valence-corrected chi connectivity index (χ4v) is 5.32. The number of nitrogens with zero attached hydrogens (tertiary/aromatic N) is 2. The van der Waals surface area contributed by atoms with E-state index >= 15 is 0 Å². The van der Waals surface area contributed by atoms with Gasteiger partial charge in [-0.1, -0.05) is 24.6 Å². The maximum absolute atomic E-state index is 11.6. The number of likely N-dealkylation sites (tertiary alicyclic amines) is 1. The molecule has 0 spiro atoms. The van der Waals surface area contributed by atoms with Crippen LogP contribution in [0.25, 0.3) is 0 Å². The Bertz CT molecular complexity index is 685. The molecule has 4 nitrogen and oxygen atoms in total. The van der Waals surface area contributed by atoms with Crippen molar-refractivity contribution in [1.82, 2.24) is 9.80 Å². The number of carbonyl (C=O) groups is 1. The van der Waals surface area contributed by atoms with Gasteiger partial charge in [-0.2, -0.15) is 0 Å². The van der Waals surface area contributed by atoms with Gasteiger partial charge in [-0.15, -0.1) is 0 Å². The van der Waals surface area contributed by atoms with Gasteiger partial charge in [0, 0.05) is 39.1 Å². The third kappa shape index (κ3) is 4.77. The molecule has 2 atom stereocenters. The normalized spacial score (nSPS) is 24.9. The molecule has 1 amide bonds. The maximum atomic E-state index is 11.6. The number of benzene rings is 1. The number of piperidine rings is 1. The van der Waals surface area contributed by atoms with Crippen molar-refractivity contribution in [3.63, 3.8) is 0 Å². The number of hydrogen-bond donors (Lipinski definition) is 1. The molecule has 1 aromatic rings. The Kier molecular flexibility index (Phi) is 6.37. The van der Waals surface area contributed by atoms with Gasteiger partial charge in [-0.05, 0) is 74.0 Å². The first-order valence-corrected chi connectivity index (χ1v) is 11.4. The summed E-state index contributed by atoms with van der Waals surface area (Å²) in [6.45, 7) is 5.74. The first-order valence-electron chi connectivity index (χ1n) is 11.4. The number of aliphatic hydroxyl groups excluding tert-OH is 1. The summed E-state index contributed by atoms with van der Waals surface area (Å²) in [5.74, 6) is 0.602. The molecule has 0 radical (unpaired) electrons. The van der Waals surface area contributed by atoms with Crippen molar-refractivity contribution in [2.75, 3.05) is 26.2 Å². The zero-order chi connectivity index (χ0) is 19.5. The van der Waals surface area contributed by atoms with Gasteiger partial charge in [-0.25, -0.2) is 0 Å². The van der Waals surface area contributed by atoms with E-state index in [1.54, 1.807) is 6.92 Å². The average molecular weight is 385 g/mol. The minimum absolute atomic E-state index is 0.167. The zero-order valence-electron chi connectivity index (χ0n) is 17.4. The molecule has 2 aliphatic heterocycles. The predicted octanol–water partition coefficient (Wildman–Crippen LogP) is 3.19. The van der Waals surface area contributed by atoms with Crippen LogP contribution < -0.4 is 0 Å². The zero-order valence-corrected chi connectivity index (χ0v) is 17.4. The third-order valence-corrected chi connectivity index (χ3v) is 7.24. The lowest BCUT2D eigenvalue weighted by atomic mass is 9.89. The molecule has 4 rings (SSSR count). The highest BCUT2D eigenvalue weighted by Gasteiger charge is 2.27. The second-order valence-electron chi connectivity index (χ2n) is 9.29. The van der Waals surface area contributed by atoms with Crippen molar-refractivity contribution < 1.29 is 9.90 Å². The summed E-state index contributed by atoms with van der Waals surface area (Å²) in [4.78, 5) is 16.3. The molecule has 4 heteroatoms. The Balaban J connectivity index is 1.31. The first kappa shape index (κ1) is 19.9. The van der Waals surface area contributed by atoms with Gasteiger partial charge >= 0.3 is 0 Å². The Hall–Kier alpha value is -1.39. The van der Waals surface area contributed by atoms with Crippen molar-refractivity contribution in [2.45, 2.75) is 76.9 Å². The van der Waals surface area contributed by atoms with Gasteiger partial charge < -0.3 is 10.0 Å². The summed E-state index contributed by atoms with van der Waals surface area (Å²) in [7, 11) is 0. The van der Waals surface area contributed by atoms with Gasteiger partial charge in [0.2, 0.25) is 5.91 Å². The second-order valence-corrected chi connectivity index (χ2v) is 9.29. The summed E-state index contributed by atoms with van der Waals surface area (Å²) >= 11 is 0. The first-order chi connectivity index (χ1) is 13.6. The summed E-state index contributed by atoms with van der Waals surface area (Å²) in [6.07, 6.45) is 9.89. The highest BCUT2D eigenvalue weighted by Crippen LogP contribution is 2.28. The molecule has 2 fully saturated rings. The molecule has 3 aliphatic rings. The van der Waals surface area contributed by atoms with Crippen molar-refractivity contribution in [2.24, 2.45) is 5.92 Å². The number of fused-ring (bicyclic) bond motifs is 1. The van der Waals surface area contributed by atoms with Gasteiger partial charge in [-0.3, -0.25) is 9.69 Å². The van der Waals surface area contributed by atoms with E-state index in [1.807, 2.05) is 4.90 Å². The van der Waals surface area contributed by atoms with Crippen LogP contribution in [0.4, 0.5) is 0 Å². The highest BCUT2D eigenvalue weighted by atomic mass is 16.3. The SMILES string of the molecule is CC(=O)N1CCC[C@@H](CC(O)Cc2ccc3c(c2)CCN(C2CCC2)CC3)C1. The Labute approximate surface area is 169 Å². The highest BCUT2D eigenvalue weighted by molar-refractivity contribution is 5.73. The van der Waals surface area contributed by atoms with E-state index < -0.39 is 0 Å². The molecule has 0 bridgehead atoms. The molecular formula is C24H36N2O2. The maximum Gasteiger partial charge on any atom is 0.219 e.